The number of nitriles is 1. The van der Waals surface area contributed by atoms with Gasteiger partial charge in [-0.05, 0) is 62.9 Å². The molecule has 1 aliphatic carbocycles. The SMILES string of the molecule is Cc1ccc(-n2c(SC(C)C(=O)Nc3ccccc3C#N)nc3sc4c(c3c2=O)CCC4)cc1. The predicted octanol–water partition coefficient (Wildman–Crippen LogP) is 5.24. The van der Waals surface area contributed by atoms with Gasteiger partial charge >= 0.3 is 0 Å². The van der Waals surface area contributed by atoms with Crippen LogP contribution in [0.5, 0.6) is 0 Å². The standard InChI is InChI=1S/C26H22N4O2S2/c1-15-10-12-18(13-11-15)30-25(32)22-19-7-5-9-21(19)34-24(22)29-26(30)33-16(2)23(31)28-20-8-4-3-6-17(20)14-27/h3-4,6,8,10-13,16H,5,7,9H2,1-2H3,(H,28,31). The van der Waals surface area contributed by atoms with E-state index in [4.69, 9.17) is 4.98 Å². The molecule has 2 heterocycles. The van der Waals surface area contributed by atoms with Crippen LogP contribution in [-0.2, 0) is 17.6 Å². The quantitative estimate of drug-likeness (QED) is 0.308. The first kappa shape index (κ1) is 22.4. The van der Waals surface area contributed by atoms with Gasteiger partial charge in [-0.15, -0.1) is 11.3 Å². The summed E-state index contributed by atoms with van der Waals surface area (Å²) in [5.41, 5.74) is 3.74. The lowest BCUT2D eigenvalue weighted by atomic mass is 10.2. The van der Waals surface area contributed by atoms with E-state index in [9.17, 15) is 14.9 Å². The van der Waals surface area contributed by atoms with Gasteiger partial charge in [0, 0.05) is 4.88 Å². The van der Waals surface area contributed by atoms with E-state index in [-0.39, 0.29) is 11.5 Å². The van der Waals surface area contributed by atoms with Gasteiger partial charge in [0.25, 0.3) is 5.56 Å². The predicted molar refractivity (Wildman–Crippen MR) is 137 cm³/mol. The van der Waals surface area contributed by atoms with Crippen LogP contribution in [0.25, 0.3) is 15.9 Å². The first-order chi connectivity index (χ1) is 16.5. The van der Waals surface area contributed by atoms with Gasteiger partial charge in [0.05, 0.1) is 27.6 Å². The zero-order chi connectivity index (χ0) is 23.8. The number of hydrogen-bond donors (Lipinski definition) is 1. The summed E-state index contributed by atoms with van der Waals surface area (Å²) in [6.07, 6.45) is 2.96. The Balaban J connectivity index is 1.55. The maximum Gasteiger partial charge on any atom is 0.267 e. The summed E-state index contributed by atoms with van der Waals surface area (Å²) in [4.78, 5) is 33.6. The van der Waals surface area contributed by atoms with E-state index >= 15 is 0 Å². The fourth-order valence-corrected chi connectivity index (χ4v) is 6.39. The van der Waals surface area contributed by atoms with E-state index < -0.39 is 5.25 Å². The Kier molecular flexibility index (Phi) is 5.98. The van der Waals surface area contributed by atoms with Gasteiger partial charge in [0.1, 0.15) is 10.9 Å². The average Bonchev–Trinajstić information content (AvgIpc) is 3.41. The minimum absolute atomic E-state index is 0.0850. The van der Waals surface area contributed by atoms with Gasteiger partial charge in [-0.1, -0.05) is 41.6 Å². The maximum atomic E-state index is 13.8. The van der Waals surface area contributed by atoms with Crippen molar-refractivity contribution in [1.29, 1.82) is 5.26 Å². The van der Waals surface area contributed by atoms with Crippen molar-refractivity contribution >= 4 is 44.9 Å². The van der Waals surface area contributed by atoms with E-state index in [1.807, 2.05) is 31.2 Å². The molecule has 5 rings (SSSR count). The molecule has 0 saturated heterocycles. The number of carbonyl (C=O) groups excluding carboxylic acids is 1. The molecule has 2 aromatic heterocycles. The Labute approximate surface area is 205 Å². The van der Waals surface area contributed by atoms with Crippen molar-refractivity contribution in [3.63, 3.8) is 0 Å². The molecule has 1 unspecified atom stereocenters. The third kappa shape index (κ3) is 4.02. The topological polar surface area (TPSA) is 87.8 Å². The zero-order valence-electron chi connectivity index (χ0n) is 18.8. The van der Waals surface area contributed by atoms with Crippen LogP contribution in [0.4, 0.5) is 5.69 Å². The summed E-state index contributed by atoms with van der Waals surface area (Å²) in [5.74, 6) is -0.258. The maximum absolute atomic E-state index is 13.8. The summed E-state index contributed by atoms with van der Waals surface area (Å²) in [6.45, 7) is 3.78. The van der Waals surface area contributed by atoms with Crippen molar-refractivity contribution < 1.29 is 4.79 Å². The number of anilines is 1. The molecule has 1 amide bonds. The molecule has 0 radical (unpaired) electrons. The normalized spacial score (nSPS) is 13.4. The highest BCUT2D eigenvalue weighted by atomic mass is 32.2. The van der Waals surface area contributed by atoms with E-state index in [1.54, 1.807) is 47.1 Å². The first-order valence-electron chi connectivity index (χ1n) is 11.1. The molecule has 34 heavy (non-hydrogen) atoms. The van der Waals surface area contributed by atoms with Gasteiger partial charge < -0.3 is 5.32 Å². The van der Waals surface area contributed by atoms with Crippen LogP contribution in [0.15, 0.2) is 58.5 Å². The number of carbonyl (C=O) groups is 1. The molecule has 6 nitrogen and oxygen atoms in total. The van der Waals surface area contributed by atoms with Gasteiger partial charge in [0.15, 0.2) is 5.16 Å². The molecule has 0 fully saturated rings. The minimum Gasteiger partial charge on any atom is -0.324 e. The van der Waals surface area contributed by atoms with Crippen molar-refractivity contribution in [2.75, 3.05) is 5.32 Å². The van der Waals surface area contributed by atoms with Crippen LogP contribution in [0, 0.1) is 18.3 Å². The van der Waals surface area contributed by atoms with Crippen LogP contribution in [0.1, 0.15) is 34.9 Å². The average molecular weight is 487 g/mol. The van der Waals surface area contributed by atoms with Gasteiger partial charge in [-0.2, -0.15) is 5.26 Å². The molecule has 2 aromatic carbocycles. The van der Waals surface area contributed by atoms with Gasteiger partial charge in [-0.3, -0.25) is 14.2 Å². The largest absolute Gasteiger partial charge is 0.324 e. The van der Waals surface area contributed by atoms with Crippen molar-refractivity contribution in [1.82, 2.24) is 9.55 Å². The Morgan fingerprint density at radius 1 is 1.21 bits per heavy atom. The van der Waals surface area contributed by atoms with E-state index in [0.717, 1.165) is 40.9 Å². The van der Waals surface area contributed by atoms with Crippen LogP contribution in [0.2, 0.25) is 0 Å². The highest BCUT2D eigenvalue weighted by Crippen LogP contribution is 2.36. The first-order valence-corrected chi connectivity index (χ1v) is 12.8. The molecule has 1 aliphatic rings. The molecular weight excluding hydrogens is 464 g/mol. The van der Waals surface area contributed by atoms with Crippen LogP contribution < -0.4 is 10.9 Å². The number of aromatic nitrogens is 2. The molecule has 1 N–H and O–H groups in total. The van der Waals surface area contributed by atoms with Crippen molar-refractivity contribution in [3.05, 3.63) is 80.5 Å². The summed E-state index contributed by atoms with van der Waals surface area (Å²) in [7, 11) is 0. The fourth-order valence-electron chi connectivity index (χ4n) is 4.16. The smallest absolute Gasteiger partial charge is 0.267 e. The molecule has 0 aliphatic heterocycles. The molecule has 170 valence electrons. The number of hydrogen-bond acceptors (Lipinski definition) is 6. The highest BCUT2D eigenvalue weighted by molar-refractivity contribution is 8.00. The van der Waals surface area contributed by atoms with Crippen LogP contribution in [0.3, 0.4) is 0 Å². The monoisotopic (exact) mass is 486 g/mol. The lowest BCUT2D eigenvalue weighted by Gasteiger charge is -2.16. The Bertz CT molecular complexity index is 1510. The van der Waals surface area contributed by atoms with Crippen LogP contribution in [-0.4, -0.2) is 20.7 Å². The van der Waals surface area contributed by atoms with Gasteiger partial charge in [0.2, 0.25) is 5.91 Å². The number of para-hydroxylation sites is 1. The van der Waals surface area contributed by atoms with Crippen LogP contribution >= 0.6 is 23.1 Å². The Morgan fingerprint density at radius 3 is 2.74 bits per heavy atom. The summed E-state index contributed by atoms with van der Waals surface area (Å²) >= 11 is 2.83. The van der Waals surface area contributed by atoms with Crippen molar-refractivity contribution in [2.45, 2.75) is 43.5 Å². The number of rotatable bonds is 5. The highest BCUT2D eigenvalue weighted by Gasteiger charge is 2.26. The molecular formula is C26H22N4O2S2. The molecule has 8 heteroatoms. The summed E-state index contributed by atoms with van der Waals surface area (Å²) < 4.78 is 1.63. The second-order valence-electron chi connectivity index (χ2n) is 8.31. The molecule has 0 saturated carbocycles. The summed E-state index contributed by atoms with van der Waals surface area (Å²) in [5, 5.41) is 12.8. The van der Waals surface area contributed by atoms with E-state index in [2.05, 4.69) is 11.4 Å². The molecule has 1 atom stereocenters. The Hall–Kier alpha value is -3.41. The van der Waals surface area contributed by atoms with Gasteiger partial charge in [-0.25, -0.2) is 4.98 Å². The number of nitrogens with one attached hydrogen (secondary N) is 1. The zero-order valence-corrected chi connectivity index (χ0v) is 20.4. The second kappa shape index (κ2) is 9.09. The Morgan fingerprint density at radius 2 is 1.97 bits per heavy atom. The molecule has 4 aromatic rings. The lowest BCUT2D eigenvalue weighted by molar-refractivity contribution is -0.115. The third-order valence-electron chi connectivity index (χ3n) is 5.96. The third-order valence-corrected chi connectivity index (χ3v) is 8.20. The van der Waals surface area contributed by atoms with E-state index in [0.29, 0.717) is 21.8 Å². The number of aryl methyl sites for hydroxylation is 3. The number of amides is 1. The second-order valence-corrected chi connectivity index (χ2v) is 10.7. The number of benzene rings is 2. The fraction of sp³-hybridized carbons (Fsp3) is 0.231. The number of fused-ring (bicyclic) bond motifs is 3. The van der Waals surface area contributed by atoms with Crippen molar-refractivity contribution in [2.24, 2.45) is 0 Å². The minimum atomic E-state index is -0.542. The number of nitrogens with zero attached hydrogens (tertiary/aromatic N) is 3. The number of thioether (sulfide) groups is 1. The number of thiophene rings is 1. The lowest BCUT2D eigenvalue weighted by Crippen LogP contribution is -2.26. The summed E-state index contributed by atoms with van der Waals surface area (Å²) in [6, 6.07) is 16.7. The molecule has 0 spiro atoms. The van der Waals surface area contributed by atoms with E-state index in [1.165, 1.54) is 16.6 Å². The molecule has 0 bridgehead atoms. The van der Waals surface area contributed by atoms with Crippen molar-refractivity contribution in [3.8, 4) is 11.8 Å².